The lowest BCUT2D eigenvalue weighted by Gasteiger charge is -2.41. The Morgan fingerprint density at radius 3 is 2.40 bits per heavy atom. The highest BCUT2D eigenvalue weighted by Gasteiger charge is 2.43. The number of aryl methyl sites for hydroxylation is 1. The van der Waals surface area contributed by atoms with Gasteiger partial charge in [-0.25, -0.2) is 14.2 Å². The summed E-state index contributed by atoms with van der Waals surface area (Å²) in [6, 6.07) is 16.9. The van der Waals surface area contributed by atoms with Crippen molar-refractivity contribution in [3.8, 4) is 0 Å². The Balaban J connectivity index is 0.986. The molecule has 226 valence electrons. The molecule has 0 radical (unpaired) electrons. The zero-order chi connectivity index (χ0) is 29.5. The van der Waals surface area contributed by atoms with Crippen molar-refractivity contribution in [2.75, 3.05) is 29.9 Å². The van der Waals surface area contributed by atoms with Gasteiger partial charge in [-0.15, -0.1) is 0 Å². The average molecular weight is 585 g/mol. The maximum Gasteiger partial charge on any atom is 0.326 e. The maximum atomic E-state index is 13.4. The van der Waals surface area contributed by atoms with Crippen LogP contribution in [0.15, 0.2) is 54.6 Å². The smallest absolute Gasteiger partial charge is 0.326 e. The first-order valence-electron chi connectivity index (χ1n) is 15.9. The SMILES string of the molecule is Cc1nc2c(n1C1CC3CC[C@@H](C1)N3CCCN(C(=O)Nc1ccc(F)cc1)c1ccccc1)CCN(C(=O)C1CC1)C2. The van der Waals surface area contributed by atoms with Crippen LogP contribution in [0.4, 0.5) is 20.6 Å². The number of aromatic nitrogens is 2. The molecule has 1 aromatic heterocycles. The molecule has 3 fully saturated rings. The second-order valence-electron chi connectivity index (χ2n) is 12.7. The minimum Gasteiger partial charge on any atom is -0.336 e. The van der Waals surface area contributed by atoms with E-state index < -0.39 is 0 Å². The van der Waals surface area contributed by atoms with Crippen molar-refractivity contribution in [1.82, 2.24) is 19.4 Å². The zero-order valence-electron chi connectivity index (χ0n) is 24.9. The first-order valence-corrected chi connectivity index (χ1v) is 15.9. The number of amides is 3. The highest BCUT2D eigenvalue weighted by atomic mass is 19.1. The largest absolute Gasteiger partial charge is 0.336 e. The summed E-state index contributed by atoms with van der Waals surface area (Å²) in [4.78, 5) is 37.5. The van der Waals surface area contributed by atoms with Crippen molar-refractivity contribution in [3.05, 3.63) is 77.6 Å². The molecule has 2 saturated heterocycles. The molecule has 3 aliphatic heterocycles. The Kier molecular flexibility index (Phi) is 7.67. The first kappa shape index (κ1) is 28.1. The number of hydrogen-bond donors (Lipinski definition) is 1. The molecule has 2 aromatic carbocycles. The van der Waals surface area contributed by atoms with Crippen molar-refractivity contribution in [2.45, 2.75) is 83.0 Å². The Morgan fingerprint density at radius 1 is 0.977 bits per heavy atom. The standard InChI is InChI=1S/C34H41FN6O2/c1-23-36-31-22-38(33(42)24-8-9-24)19-16-32(31)41(23)30-20-28-14-15-29(21-30)39(28)17-5-18-40(27-6-3-2-4-7-27)34(43)37-26-12-10-25(35)11-13-26/h2-4,6-7,10-13,24,28-30H,5,8-9,14-22H2,1H3,(H,37,43)/t28-,29?,30?/m0/s1. The molecule has 1 saturated carbocycles. The number of imidazole rings is 1. The van der Waals surface area contributed by atoms with Crippen LogP contribution in [-0.2, 0) is 17.8 Å². The molecular formula is C34H41FN6O2. The number of nitrogens with zero attached hydrogens (tertiary/aromatic N) is 5. The third-order valence-corrected chi connectivity index (χ3v) is 9.90. The highest BCUT2D eigenvalue weighted by molar-refractivity contribution is 6.01. The number of para-hydroxylation sites is 1. The predicted octanol–water partition coefficient (Wildman–Crippen LogP) is 5.92. The Bertz CT molecular complexity index is 1460. The molecule has 43 heavy (non-hydrogen) atoms. The fourth-order valence-electron chi connectivity index (χ4n) is 7.71. The number of halogens is 1. The first-order chi connectivity index (χ1) is 20.9. The van der Waals surface area contributed by atoms with Crippen molar-refractivity contribution >= 4 is 23.3 Å². The zero-order valence-corrected chi connectivity index (χ0v) is 24.9. The Morgan fingerprint density at radius 2 is 1.70 bits per heavy atom. The Hall–Kier alpha value is -3.72. The van der Waals surface area contributed by atoms with Crippen LogP contribution in [0.25, 0.3) is 0 Å². The average Bonchev–Trinajstić information content (AvgIpc) is 3.77. The lowest BCUT2D eigenvalue weighted by molar-refractivity contribution is -0.133. The van der Waals surface area contributed by atoms with Gasteiger partial charge in [0.15, 0.2) is 0 Å². The maximum absolute atomic E-state index is 13.4. The van der Waals surface area contributed by atoms with Gasteiger partial charge in [-0.3, -0.25) is 14.6 Å². The number of carbonyl (C=O) groups excluding carboxylic acids is 2. The predicted molar refractivity (Wildman–Crippen MR) is 164 cm³/mol. The number of anilines is 2. The van der Waals surface area contributed by atoms with Crippen LogP contribution in [0.2, 0.25) is 0 Å². The molecule has 8 nitrogen and oxygen atoms in total. The number of piperidine rings is 1. The second kappa shape index (κ2) is 11.8. The molecule has 4 aliphatic rings. The highest BCUT2D eigenvalue weighted by Crippen LogP contribution is 2.43. The van der Waals surface area contributed by atoms with Crippen molar-refractivity contribution in [3.63, 3.8) is 0 Å². The van der Waals surface area contributed by atoms with Gasteiger partial charge in [0.2, 0.25) is 5.91 Å². The van der Waals surface area contributed by atoms with Crippen molar-refractivity contribution in [2.24, 2.45) is 5.92 Å². The van der Waals surface area contributed by atoms with Gasteiger partial charge in [-0.05, 0) is 88.3 Å². The molecule has 2 unspecified atom stereocenters. The molecular weight excluding hydrogens is 543 g/mol. The third kappa shape index (κ3) is 5.79. The summed E-state index contributed by atoms with van der Waals surface area (Å²) in [7, 11) is 0. The van der Waals surface area contributed by atoms with E-state index in [1.54, 1.807) is 17.0 Å². The van der Waals surface area contributed by atoms with Crippen molar-refractivity contribution in [1.29, 1.82) is 0 Å². The van der Waals surface area contributed by atoms with Gasteiger partial charge in [-0.2, -0.15) is 0 Å². The van der Waals surface area contributed by atoms with Crippen LogP contribution in [0, 0.1) is 18.7 Å². The topological polar surface area (TPSA) is 73.7 Å². The summed E-state index contributed by atoms with van der Waals surface area (Å²) in [6.45, 7) is 5.16. The van der Waals surface area contributed by atoms with E-state index in [2.05, 4.69) is 21.7 Å². The lowest BCUT2D eigenvalue weighted by atomic mass is 9.95. The molecule has 3 atom stereocenters. The van der Waals surface area contributed by atoms with E-state index in [-0.39, 0.29) is 17.8 Å². The monoisotopic (exact) mass is 584 g/mol. The van der Waals surface area contributed by atoms with E-state index in [0.717, 1.165) is 68.8 Å². The number of urea groups is 1. The van der Waals surface area contributed by atoms with Gasteiger partial charge in [0.1, 0.15) is 11.6 Å². The third-order valence-electron chi connectivity index (χ3n) is 9.90. The van der Waals surface area contributed by atoms with E-state index in [9.17, 15) is 14.0 Å². The van der Waals surface area contributed by atoms with Gasteiger partial charge >= 0.3 is 6.03 Å². The fraction of sp³-hybridized carbons (Fsp3) is 0.500. The van der Waals surface area contributed by atoms with Gasteiger partial charge in [0.05, 0.1) is 12.2 Å². The fourth-order valence-corrected chi connectivity index (χ4v) is 7.71. The summed E-state index contributed by atoms with van der Waals surface area (Å²) >= 11 is 0. The molecule has 1 N–H and O–H groups in total. The van der Waals surface area contributed by atoms with Gasteiger partial charge in [0, 0.05) is 67.2 Å². The number of rotatable bonds is 8. The van der Waals surface area contributed by atoms with E-state index in [0.29, 0.717) is 42.8 Å². The molecule has 2 bridgehead atoms. The summed E-state index contributed by atoms with van der Waals surface area (Å²) in [6.07, 6.45) is 8.54. The number of nitrogens with one attached hydrogen (secondary N) is 1. The minimum absolute atomic E-state index is 0.211. The number of fused-ring (bicyclic) bond motifs is 3. The van der Waals surface area contributed by atoms with Gasteiger partial charge in [0.25, 0.3) is 0 Å². The lowest BCUT2D eigenvalue weighted by Crippen LogP contribution is -2.45. The van der Waals surface area contributed by atoms with Crippen LogP contribution < -0.4 is 10.2 Å². The van der Waals surface area contributed by atoms with Crippen LogP contribution in [0.3, 0.4) is 0 Å². The summed E-state index contributed by atoms with van der Waals surface area (Å²) < 4.78 is 15.9. The molecule has 3 amide bonds. The van der Waals surface area contributed by atoms with Crippen LogP contribution in [0.5, 0.6) is 0 Å². The van der Waals surface area contributed by atoms with Crippen LogP contribution >= 0.6 is 0 Å². The molecule has 0 spiro atoms. The molecule has 7 rings (SSSR count). The minimum atomic E-state index is -0.327. The normalized spacial score (nSPS) is 23.2. The molecule has 9 heteroatoms. The number of carbonyl (C=O) groups is 2. The summed E-state index contributed by atoms with van der Waals surface area (Å²) in [5, 5.41) is 2.93. The summed E-state index contributed by atoms with van der Waals surface area (Å²) in [5.74, 6) is 1.34. The molecule has 3 aromatic rings. The van der Waals surface area contributed by atoms with Gasteiger partial charge < -0.3 is 14.8 Å². The van der Waals surface area contributed by atoms with Crippen molar-refractivity contribution < 1.29 is 14.0 Å². The van der Waals surface area contributed by atoms with Crippen LogP contribution in [0.1, 0.15) is 68.2 Å². The van der Waals surface area contributed by atoms with E-state index in [4.69, 9.17) is 4.98 Å². The second-order valence-corrected chi connectivity index (χ2v) is 12.7. The van der Waals surface area contributed by atoms with E-state index in [1.165, 1.54) is 30.7 Å². The molecule has 1 aliphatic carbocycles. The van der Waals surface area contributed by atoms with E-state index in [1.807, 2.05) is 35.2 Å². The Labute approximate surface area is 252 Å². The van der Waals surface area contributed by atoms with E-state index >= 15 is 0 Å². The van der Waals surface area contributed by atoms with Gasteiger partial charge in [-0.1, -0.05) is 18.2 Å². The van der Waals surface area contributed by atoms with Crippen LogP contribution in [-0.4, -0.2) is 63.0 Å². The number of hydrogen-bond acceptors (Lipinski definition) is 4. The molecule has 4 heterocycles. The number of benzene rings is 2. The summed E-state index contributed by atoms with van der Waals surface area (Å²) in [5.41, 5.74) is 3.88. The quantitative estimate of drug-likeness (QED) is 0.357.